The topological polar surface area (TPSA) is 52.6 Å². The molecule has 1 aromatic rings. The van der Waals surface area contributed by atoms with Crippen molar-refractivity contribution in [3.8, 4) is 5.75 Å². The van der Waals surface area contributed by atoms with Crippen molar-refractivity contribution >= 4 is 22.3 Å². The quantitative estimate of drug-likeness (QED) is 0.793. The zero-order chi connectivity index (χ0) is 12.0. The third-order valence-electron chi connectivity index (χ3n) is 2.04. The van der Waals surface area contributed by atoms with Crippen LogP contribution in [0, 0.1) is 0 Å². The number of rotatable bonds is 6. The summed E-state index contributed by atoms with van der Waals surface area (Å²) >= 11 is 4.79. The van der Waals surface area contributed by atoms with Gasteiger partial charge in [0.2, 0.25) is 0 Å². The Labute approximate surface area is 101 Å². The SMILES string of the molecule is CCCCc1ccccc1OS(=O)(=O)OCl. The van der Waals surface area contributed by atoms with Gasteiger partial charge in [-0.1, -0.05) is 31.5 Å². The molecule has 0 aliphatic rings. The molecule has 0 saturated heterocycles. The summed E-state index contributed by atoms with van der Waals surface area (Å²) in [5.41, 5.74) is 0.821. The summed E-state index contributed by atoms with van der Waals surface area (Å²) in [7, 11) is -4.15. The molecule has 0 saturated carbocycles. The summed E-state index contributed by atoms with van der Waals surface area (Å²) in [5, 5.41) is 0. The number of aryl methyl sites for hydroxylation is 1. The Morgan fingerprint density at radius 2 is 2.00 bits per heavy atom. The minimum atomic E-state index is -4.15. The molecule has 0 bridgehead atoms. The number of halogens is 1. The van der Waals surface area contributed by atoms with Gasteiger partial charge < -0.3 is 4.18 Å². The van der Waals surface area contributed by atoms with Gasteiger partial charge in [0.15, 0.2) is 0 Å². The Bertz CT molecular complexity index is 430. The van der Waals surface area contributed by atoms with Crippen molar-refractivity contribution in [3.63, 3.8) is 0 Å². The van der Waals surface area contributed by atoms with Gasteiger partial charge in [-0.3, -0.25) is 0 Å². The molecule has 0 spiro atoms. The molecule has 0 amide bonds. The lowest BCUT2D eigenvalue weighted by molar-refractivity contribution is 0.404. The maximum Gasteiger partial charge on any atom is 0.465 e. The molecule has 0 aromatic heterocycles. The van der Waals surface area contributed by atoms with Gasteiger partial charge in [-0.05, 0) is 24.5 Å². The second-order valence-corrected chi connectivity index (χ2v) is 4.75. The van der Waals surface area contributed by atoms with Crippen molar-refractivity contribution in [2.24, 2.45) is 0 Å². The standard InChI is InChI=1S/C10H13ClO4S/c1-2-3-6-9-7-4-5-8-10(9)14-16(12,13)15-11/h4-5,7-8H,2-3,6H2,1H3. The van der Waals surface area contributed by atoms with Gasteiger partial charge >= 0.3 is 10.4 Å². The average Bonchev–Trinajstić information content (AvgIpc) is 2.27. The van der Waals surface area contributed by atoms with Gasteiger partial charge in [0, 0.05) is 0 Å². The van der Waals surface area contributed by atoms with Crippen molar-refractivity contribution in [2.45, 2.75) is 26.2 Å². The molecule has 0 unspecified atom stereocenters. The van der Waals surface area contributed by atoms with Crippen LogP contribution in [0.25, 0.3) is 0 Å². The van der Waals surface area contributed by atoms with Crippen LogP contribution >= 0.6 is 11.9 Å². The summed E-state index contributed by atoms with van der Waals surface area (Å²) in [4.78, 5) is 0. The molecule has 0 atom stereocenters. The molecule has 6 heteroatoms. The largest absolute Gasteiger partial charge is 0.465 e. The lowest BCUT2D eigenvalue weighted by Crippen LogP contribution is -2.09. The molecule has 4 nitrogen and oxygen atoms in total. The first-order valence-corrected chi connectivity index (χ1v) is 6.56. The van der Waals surface area contributed by atoms with E-state index in [1.54, 1.807) is 12.1 Å². The second kappa shape index (κ2) is 6.08. The minimum absolute atomic E-state index is 0.261. The normalized spacial score (nSPS) is 11.4. The third kappa shape index (κ3) is 4.00. The van der Waals surface area contributed by atoms with Gasteiger partial charge in [-0.25, -0.2) is 0 Å². The number of hydrogen-bond donors (Lipinski definition) is 0. The van der Waals surface area contributed by atoms with Crippen LogP contribution in [0.15, 0.2) is 24.3 Å². The Morgan fingerprint density at radius 1 is 1.31 bits per heavy atom. The molecule has 16 heavy (non-hydrogen) atoms. The van der Waals surface area contributed by atoms with Crippen LogP contribution in [0.1, 0.15) is 25.3 Å². The van der Waals surface area contributed by atoms with E-state index in [2.05, 4.69) is 10.7 Å². The van der Waals surface area contributed by atoms with Crippen molar-refractivity contribution in [1.82, 2.24) is 0 Å². The molecule has 0 N–H and O–H groups in total. The smallest absolute Gasteiger partial charge is 0.360 e. The second-order valence-electron chi connectivity index (χ2n) is 3.27. The van der Waals surface area contributed by atoms with E-state index in [-0.39, 0.29) is 5.75 Å². The maximum absolute atomic E-state index is 11.0. The predicted molar refractivity (Wildman–Crippen MR) is 61.5 cm³/mol. The summed E-state index contributed by atoms with van der Waals surface area (Å²) in [6.07, 6.45) is 2.74. The third-order valence-corrected chi connectivity index (χ3v) is 3.04. The molecule has 1 rings (SSSR count). The van der Waals surface area contributed by atoms with Crippen molar-refractivity contribution in [3.05, 3.63) is 29.8 Å². The van der Waals surface area contributed by atoms with E-state index >= 15 is 0 Å². The predicted octanol–water partition coefficient (Wildman–Crippen LogP) is 2.82. The molecule has 0 radical (unpaired) electrons. The van der Waals surface area contributed by atoms with E-state index in [0.29, 0.717) is 0 Å². The lowest BCUT2D eigenvalue weighted by atomic mass is 10.1. The minimum Gasteiger partial charge on any atom is -0.360 e. The maximum atomic E-state index is 11.0. The highest BCUT2D eigenvalue weighted by atomic mass is 35.5. The van der Waals surface area contributed by atoms with E-state index in [4.69, 9.17) is 16.0 Å². The van der Waals surface area contributed by atoms with Crippen LogP contribution in [-0.2, 0) is 20.6 Å². The Balaban J connectivity index is 2.86. The Hall–Kier alpha value is -0.780. The highest BCUT2D eigenvalue weighted by Gasteiger charge is 2.15. The number of hydrogen-bond acceptors (Lipinski definition) is 4. The molecule has 0 heterocycles. The van der Waals surface area contributed by atoms with Gasteiger partial charge in [0.25, 0.3) is 0 Å². The van der Waals surface area contributed by atoms with Crippen molar-refractivity contribution < 1.29 is 16.3 Å². The molecule has 0 fully saturated rings. The Kier molecular flexibility index (Phi) is 5.05. The fourth-order valence-electron chi connectivity index (χ4n) is 1.28. The number of para-hydroxylation sites is 1. The van der Waals surface area contributed by atoms with E-state index < -0.39 is 10.4 Å². The van der Waals surface area contributed by atoms with Crippen LogP contribution in [0.4, 0.5) is 0 Å². The number of benzene rings is 1. The van der Waals surface area contributed by atoms with Gasteiger partial charge in [0.1, 0.15) is 5.75 Å². The van der Waals surface area contributed by atoms with Crippen LogP contribution in [-0.4, -0.2) is 8.42 Å². The first-order valence-electron chi connectivity index (χ1n) is 4.91. The van der Waals surface area contributed by atoms with Crippen LogP contribution in [0.5, 0.6) is 5.75 Å². The van der Waals surface area contributed by atoms with Gasteiger partial charge in [0.05, 0.1) is 11.9 Å². The lowest BCUT2D eigenvalue weighted by Gasteiger charge is -2.08. The van der Waals surface area contributed by atoms with E-state index in [1.807, 2.05) is 12.1 Å². The van der Waals surface area contributed by atoms with E-state index in [0.717, 1.165) is 24.8 Å². The highest BCUT2D eigenvalue weighted by molar-refractivity contribution is 7.82. The summed E-state index contributed by atoms with van der Waals surface area (Å²) in [5.74, 6) is 0.261. The fraction of sp³-hybridized carbons (Fsp3) is 0.400. The van der Waals surface area contributed by atoms with Gasteiger partial charge in [-0.15, -0.1) is 3.74 Å². The zero-order valence-corrected chi connectivity index (χ0v) is 10.4. The molecule has 1 aromatic carbocycles. The molecule has 0 aliphatic carbocycles. The first kappa shape index (κ1) is 13.3. The Morgan fingerprint density at radius 3 is 2.62 bits per heavy atom. The zero-order valence-electron chi connectivity index (χ0n) is 8.85. The molecule has 90 valence electrons. The van der Waals surface area contributed by atoms with Crippen LogP contribution in [0.3, 0.4) is 0 Å². The number of unbranched alkanes of at least 4 members (excludes halogenated alkanes) is 1. The van der Waals surface area contributed by atoms with Crippen LogP contribution < -0.4 is 4.18 Å². The van der Waals surface area contributed by atoms with Gasteiger partial charge in [-0.2, -0.15) is 8.42 Å². The summed E-state index contributed by atoms with van der Waals surface area (Å²) < 4.78 is 30.5. The highest BCUT2D eigenvalue weighted by Crippen LogP contribution is 2.22. The molecule has 0 aliphatic heterocycles. The molecular formula is C10H13ClO4S. The van der Waals surface area contributed by atoms with Crippen molar-refractivity contribution in [1.29, 1.82) is 0 Å². The van der Waals surface area contributed by atoms with Crippen molar-refractivity contribution in [2.75, 3.05) is 0 Å². The van der Waals surface area contributed by atoms with Crippen LogP contribution in [0.2, 0.25) is 0 Å². The first-order chi connectivity index (χ1) is 7.59. The fourth-order valence-corrected chi connectivity index (χ4v) is 1.77. The molecular weight excluding hydrogens is 252 g/mol. The van der Waals surface area contributed by atoms with E-state index in [9.17, 15) is 8.42 Å². The summed E-state index contributed by atoms with van der Waals surface area (Å²) in [6, 6.07) is 6.90. The average molecular weight is 265 g/mol. The monoisotopic (exact) mass is 264 g/mol. The van der Waals surface area contributed by atoms with E-state index in [1.165, 1.54) is 0 Å². The summed E-state index contributed by atoms with van der Waals surface area (Å²) in [6.45, 7) is 2.06.